The van der Waals surface area contributed by atoms with Gasteiger partial charge in [0.1, 0.15) is 23.1 Å². The second kappa shape index (κ2) is 6.27. The number of rotatable bonds is 5. The molecule has 4 bridgehead atoms. The predicted molar refractivity (Wildman–Crippen MR) is 113 cm³/mol. The van der Waals surface area contributed by atoms with Crippen LogP contribution in [0.15, 0.2) is 12.1 Å². The van der Waals surface area contributed by atoms with Crippen molar-refractivity contribution in [2.75, 3.05) is 5.32 Å². The van der Waals surface area contributed by atoms with Gasteiger partial charge in [0, 0.05) is 23.2 Å². The molecule has 176 valence electrons. The Labute approximate surface area is 190 Å². The van der Waals surface area contributed by atoms with Crippen LogP contribution in [0.3, 0.4) is 0 Å². The van der Waals surface area contributed by atoms with Gasteiger partial charge in [-0.2, -0.15) is 0 Å². The summed E-state index contributed by atoms with van der Waals surface area (Å²) < 4.78 is 12.4. The summed E-state index contributed by atoms with van der Waals surface area (Å²) in [6.45, 7) is 4.09. The standard InChI is InChI=1S/C24H27NO8/c1-22(6-5-14(27)25-15-12(26)4-3-11(16(15)28)21(30)31)18-13-7-10-8-24(18,9-23(10,2)33-13)20-17(32-20)19(22)29/h3-4,10,13,17-18,20,26,28H,5-9H2,1-2H3,(H,25,27)(H,30,31)/t10-,13+,17?,18+,20?,22+,23+,24-/m1/s1. The summed E-state index contributed by atoms with van der Waals surface area (Å²) >= 11 is 0. The van der Waals surface area contributed by atoms with E-state index in [-0.39, 0.29) is 53.5 Å². The number of Topliss-reactive ketones (excluding diaryl/α,β-unsaturated/α-hetero) is 1. The molecule has 6 aliphatic rings. The Morgan fingerprint density at radius 1 is 1.24 bits per heavy atom. The maximum Gasteiger partial charge on any atom is 0.339 e. The Hall–Kier alpha value is -2.65. The van der Waals surface area contributed by atoms with E-state index < -0.39 is 40.5 Å². The van der Waals surface area contributed by atoms with Gasteiger partial charge in [0.05, 0.1) is 17.8 Å². The molecule has 1 spiro atoms. The molecular weight excluding hydrogens is 430 g/mol. The molecule has 3 aliphatic carbocycles. The number of ether oxygens (including phenoxy) is 2. The number of carboxylic acid groups (broad SMARTS) is 1. The molecule has 9 heteroatoms. The van der Waals surface area contributed by atoms with E-state index in [1.807, 2.05) is 6.92 Å². The maximum atomic E-state index is 13.4. The molecule has 1 aromatic carbocycles. The number of phenolic OH excluding ortho intramolecular Hbond substituents is 1. The fraction of sp³-hybridized carbons (Fsp3) is 0.625. The van der Waals surface area contributed by atoms with E-state index in [0.29, 0.717) is 5.92 Å². The lowest BCUT2D eigenvalue weighted by molar-refractivity contribution is -0.186. The molecule has 1 amide bonds. The lowest BCUT2D eigenvalue weighted by Crippen LogP contribution is -2.61. The number of aromatic carboxylic acids is 1. The van der Waals surface area contributed by atoms with Crippen LogP contribution in [0.25, 0.3) is 0 Å². The molecule has 7 rings (SSSR count). The van der Waals surface area contributed by atoms with Crippen molar-refractivity contribution < 1.29 is 39.2 Å². The molecule has 2 unspecified atom stereocenters. The quantitative estimate of drug-likeness (QED) is 0.390. The molecular formula is C24H27NO8. The number of aromatic hydroxyl groups is 2. The van der Waals surface area contributed by atoms with Crippen molar-refractivity contribution in [2.24, 2.45) is 22.7 Å². The van der Waals surface area contributed by atoms with Crippen molar-refractivity contribution in [3.63, 3.8) is 0 Å². The van der Waals surface area contributed by atoms with Gasteiger partial charge in [-0.25, -0.2) is 4.79 Å². The fourth-order valence-corrected chi connectivity index (χ4v) is 7.90. The van der Waals surface area contributed by atoms with Crippen LogP contribution >= 0.6 is 0 Å². The van der Waals surface area contributed by atoms with Crippen molar-refractivity contribution in [1.29, 1.82) is 0 Å². The summed E-state index contributed by atoms with van der Waals surface area (Å²) in [4.78, 5) is 37.4. The number of amides is 1. The molecule has 3 saturated carbocycles. The van der Waals surface area contributed by atoms with Crippen molar-refractivity contribution in [1.82, 2.24) is 0 Å². The third kappa shape index (κ3) is 2.57. The summed E-state index contributed by atoms with van der Waals surface area (Å²) in [7, 11) is 0. The molecule has 3 aliphatic heterocycles. The zero-order valence-electron chi connectivity index (χ0n) is 18.5. The highest BCUT2D eigenvalue weighted by Crippen LogP contribution is 2.76. The van der Waals surface area contributed by atoms with Crippen LogP contribution in [0.5, 0.6) is 11.5 Å². The second-order valence-electron chi connectivity index (χ2n) is 11.0. The van der Waals surface area contributed by atoms with E-state index in [9.17, 15) is 29.7 Å². The van der Waals surface area contributed by atoms with E-state index in [1.165, 1.54) is 0 Å². The number of hydrogen-bond donors (Lipinski definition) is 4. The number of epoxide rings is 1. The highest BCUT2D eigenvalue weighted by Gasteiger charge is 2.81. The SMILES string of the molecule is C[C@]12C[C@]34C[C@H]1C[C@H](O2)[C@H]3[C@](C)(CCC(=O)Nc1c(O)ccc(C(=O)O)c1O)C(=O)C1OC14. The van der Waals surface area contributed by atoms with Gasteiger partial charge in [0.25, 0.3) is 0 Å². The van der Waals surface area contributed by atoms with E-state index in [2.05, 4.69) is 12.2 Å². The number of carbonyl (C=O) groups is 3. The number of carbonyl (C=O) groups excluding carboxylic acids is 2. The summed E-state index contributed by atoms with van der Waals surface area (Å²) in [5, 5.41) is 31.8. The molecule has 8 atom stereocenters. The number of anilines is 1. The number of benzene rings is 1. The fourth-order valence-electron chi connectivity index (χ4n) is 7.90. The minimum atomic E-state index is -1.38. The number of ketones is 1. The molecule has 0 radical (unpaired) electrons. The number of hydrogen-bond acceptors (Lipinski definition) is 7. The minimum Gasteiger partial charge on any atom is -0.506 e. The van der Waals surface area contributed by atoms with E-state index >= 15 is 0 Å². The maximum absolute atomic E-state index is 13.4. The zero-order chi connectivity index (χ0) is 23.5. The molecule has 0 aromatic heterocycles. The highest BCUT2D eigenvalue weighted by atomic mass is 16.6. The van der Waals surface area contributed by atoms with Crippen LogP contribution in [0.4, 0.5) is 5.69 Å². The topological polar surface area (TPSA) is 146 Å². The van der Waals surface area contributed by atoms with Crippen molar-refractivity contribution in [3.05, 3.63) is 17.7 Å². The third-order valence-corrected chi connectivity index (χ3v) is 9.19. The summed E-state index contributed by atoms with van der Waals surface area (Å²) in [6, 6.07) is 2.16. The van der Waals surface area contributed by atoms with Gasteiger partial charge in [0.15, 0.2) is 11.5 Å². The Morgan fingerprint density at radius 2 is 2.00 bits per heavy atom. The molecule has 3 saturated heterocycles. The van der Waals surface area contributed by atoms with Gasteiger partial charge >= 0.3 is 5.97 Å². The van der Waals surface area contributed by atoms with Gasteiger partial charge < -0.3 is 30.1 Å². The normalized spacial score (nSPS) is 43.8. The van der Waals surface area contributed by atoms with E-state index in [4.69, 9.17) is 9.47 Å². The number of phenols is 2. The first kappa shape index (κ1) is 20.9. The summed E-state index contributed by atoms with van der Waals surface area (Å²) in [5.41, 5.74) is -1.81. The Morgan fingerprint density at radius 3 is 2.70 bits per heavy atom. The first-order valence-electron chi connectivity index (χ1n) is 11.5. The summed E-state index contributed by atoms with van der Waals surface area (Å²) in [5.74, 6) is -2.57. The number of carboxylic acids is 1. The monoisotopic (exact) mass is 457 g/mol. The van der Waals surface area contributed by atoms with Gasteiger partial charge in [-0.15, -0.1) is 0 Å². The van der Waals surface area contributed by atoms with Crippen molar-refractivity contribution >= 4 is 23.3 Å². The number of fused-ring (bicyclic) bond motifs is 1. The zero-order valence-corrected chi connectivity index (χ0v) is 18.5. The van der Waals surface area contributed by atoms with Crippen molar-refractivity contribution in [3.8, 4) is 11.5 Å². The van der Waals surface area contributed by atoms with Crippen LogP contribution in [0.1, 0.15) is 56.3 Å². The molecule has 9 nitrogen and oxygen atoms in total. The minimum absolute atomic E-state index is 0.0157. The lowest BCUT2D eigenvalue weighted by Gasteiger charge is -2.56. The van der Waals surface area contributed by atoms with Gasteiger partial charge in [0.2, 0.25) is 5.91 Å². The summed E-state index contributed by atoms with van der Waals surface area (Å²) in [6.07, 6.45) is 2.57. The van der Waals surface area contributed by atoms with Crippen LogP contribution in [-0.2, 0) is 19.1 Å². The van der Waals surface area contributed by atoms with Gasteiger partial charge in [-0.3, -0.25) is 9.59 Å². The molecule has 3 heterocycles. The largest absolute Gasteiger partial charge is 0.506 e. The van der Waals surface area contributed by atoms with Crippen molar-refractivity contribution in [2.45, 2.75) is 69.9 Å². The predicted octanol–water partition coefficient (Wildman–Crippen LogP) is 2.44. The van der Waals surface area contributed by atoms with Crippen LogP contribution in [0, 0.1) is 22.7 Å². The van der Waals surface area contributed by atoms with Crippen LogP contribution in [-0.4, -0.2) is 56.9 Å². The van der Waals surface area contributed by atoms with Gasteiger partial charge in [-0.1, -0.05) is 6.92 Å². The third-order valence-electron chi connectivity index (χ3n) is 9.19. The molecule has 33 heavy (non-hydrogen) atoms. The highest BCUT2D eigenvalue weighted by molar-refractivity contribution is 6.00. The van der Waals surface area contributed by atoms with Crippen LogP contribution in [0.2, 0.25) is 0 Å². The first-order chi connectivity index (χ1) is 15.5. The van der Waals surface area contributed by atoms with E-state index in [1.54, 1.807) is 0 Å². The Balaban J connectivity index is 1.24. The number of nitrogens with one attached hydrogen (secondary N) is 1. The first-order valence-corrected chi connectivity index (χ1v) is 11.5. The smallest absolute Gasteiger partial charge is 0.339 e. The average Bonchev–Trinajstić information content (AvgIpc) is 3.46. The molecule has 1 aromatic rings. The lowest BCUT2D eigenvalue weighted by atomic mass is 9.48. The van der Waals surface area contributed by atoms with Crippen LogP contribution < -0.4 is 5.32 Å². The molecule has 4 N–H and O–H groups in total. The van der Waals surface area contributed by atoms with Gasteiger partial charge in [-0.05, 0) is 50.7 Å². The van der Waals surface area contributed by atoms with E-state index in [0.717, 1.165) is 31.4 Å². The Bertz CT molecular complexity index is 1120. The Kier molecular flexibility index (Phi) is 3.97. The second-order valence-corrected chi connectivity index (χ2v) is 11.0. The molecule has 6 fully saturated rings. The average molecular weight is 457 g/mol.